The zero-order chi connectivity index (χ0) is 45.7. The zero-order valence-electron chi connectivity index (χ0n) is 38.3. The molecule has 11 nitrogen and oxygen atoms in total. The summed E-state index contributed by atoms with van der Waals surface area (Å²) in [5, 5.41) is 24.1. The van der Waals surface area contributed by atoms with E-state index in [1.807, 2.05) is 144 Å². The van der Waals surface area contributed by atoms with Crippen LogP contribution in [-0.2, 0) is 27.4 Å². The van der Waals surface area contributed by atoms with Gasteiger partial charge in [-0.15, -0.1) is 4.58 Å². The van der Waals surface area contributed by atoms with Gasteiger partial charge in [-0.3, -0.25) is 9.69 Å². The SMILES string of the molecule is CC(C)(C)OC(=O)N1CCCCC1CN(Cc1ccccc1)CC(O)c1ccccc1.CC(C)(C)OC(=O)[N+]1=CCCCC1C=O.OC(CNCc1ccccc1)c1ccccc1. The van der Waals surface area contributed by atoms with Crippen LogP contribution in [-0.4, -0.2) is 98.7 Å². The summed E-state index contributed by atoms with van der Waals surface area (Å²) in [5.41, 5.74) is 3.26. The van der Waals surface area contributed by atoms with Gasteiger partial charge in [0.05, 0.1) is 12.2 Å². The van der Waals surface area contributed by atoms with Crippen LogP contribution in [0.4, 0.5) is 9.59 Å². The molecule has 2 aliphatic heterocycles. The lowest BCUT2D eigenvalue weighted by atomic mass is 10.0. The second kappa shape index (κ2) is 25.8. The second-order valence-electron chi connectivity index (χ2n) is 18.2. The molecular formula is C52H71N4O7+. The van der Waals surface area contributed by atoms with E-state index in [1.54, 1.807) is 6.21 Å². The third kappa shape index (κ3) is 19.0. The van der Waals surface area contributed by atoms with E-state index in [1.165, 1.54) is 15.7 Å². The summed E-state index contributed by atoms with van der Waals surface area (Å²) in [4.78, 5) is 39.5. The molecule has 6 rings (SSSR count). The Hall–Kier alpha value is -5.20. The van der Waals surface area contributed by atoms with Gasteiger partial charge < -0.3 is 29.9 Å². The number of amides is 2. The summed E-state index contributed by atoms with van der Waals surface area (Å²) in [7, 11) is 0. The largest absolute Gasteiger partial charge is 0.597 e. The summed E-state index contributed by atoms with van der Waals surface area (Å²) in [5.74, 6) is 0. The number of nitrogens with one attached hydrogen (secondary N) is 1. The molecule has 0 aromatic heterocycles. The van der Waals surface area contributed by atoms with Gasteiger partial charge in [-0.05, 0) is 89.5 Å². The molecule has 63 heavy (non-hydrogen) atoms. The predicted molar refractivity (Wildman–Crippen MR) is 250 cm³/mol. The predicted octanol–water partition coefficient (Wildman–Crippen LogP) is 9.28. The van der Waals surface area contributed by atoms with E-state index in [0.29, 0.717) is 19.6 Å². The molecule has 4 atom stereocenters. The van der Waals surface area contributed by atoms with Crippen molar-refractivity contribution in [1.82, 2.24) is 15.1 Å². The summed E-state index contributed by atoms with van der Waals surface area (Å²) < 4.78 is 12.3. The van der Waals surface area contributed by atoms with E-state index in [9.17, 15) is 24.6 Å². The second-order valence-corrected chi connectivity index (χ2v) is 18.2. The molecule has 0 saturated carbocycles. The minimum atomic E-state index is -0.580. The standard InChI is InChI=1S/C26H36N2O3.C15H17NO.C11H18NO3/c1-26(2,3)31-25(30)28-17-11-10-16-23(28)19-27(18-21-12-6-4-7-13-21)20-24(29)22-14-8-5-9-15-22;17-15(14-9-5-2-6-10-14)12-16-11-13-7-3-1-4-8-13;1-11(2,3)15-10(14)12-7-5-4-6-9(12)8-13/h4-9,12-15,23-24,29H,10-11,16-20H2,1-3H3;1-10,15-17H,11-12H2;7-9H,4-6H2,1-3H3/q;;+1. The number of carbonyl (C=O) groups excluding carboxylic acids is 3. The smallest absolute Gasteiger partial charge is 0.444 e. The first-order valence-corrected chi connectivity index (χ1v) is 22.4. The minimum Gasteiger partial charge on any atom is -0.444 e. The van der Waals surface area contributed by atoms with Crippen LogP contribution < -0.4 is 5.32 Å². The molecule has 340 valence electrons. The molecule has 4 aromatic carbocycles. The molecule has 2 amide bonds. The highest BCUT2D eigenvalue weighted by molar-refractivity contribution is 5.71. The molecular weight excluding hydrogens is 793 g/mol. The molecule has 4 unspecified atom stereocenters. The topological polar surface area (TPSA) is 132 Å². The minimum absolute atomic E-state index is 0.0790. The fourth-order valence-electron chi connectivity index (χ4n) is 7.35. The van der Waals surface area contributed by atoms with Crippen LogP contribution in [0.3, 0.4) is 0 Å². The van der Waals surface area contributed by atoms with Crippen LogP contribution in [0.15, 0.2) is 121 Å². The Balaban J connectivity index is 0.000000229. The molecule has 0 radical (unpaired) electrons. The van der Waals surface area contributed by atoms with Crippen molar-refractivity contribution in [3.05, 3.63) is 144 Å². The number of hydrogen-bond acceptors (Lipinski definition) is 9. The highest BCUT2D eigenvalue weighted by Gasteiger charge is 2.35. The van der Waals surface area contributed by atoms with E-state index >= 15 is 0 Å². The number of aliphatic hydroxyl groups excluding tert-OH is 2. The van der Waals surface area contributed by atoms with E-state index in [2.05, 4.69) is 34.5 Å². The van der Waals surface area contributed by atoms with Gasteiger partial charge in [-0.2, -0.15) is 4.79 Å². The lowest BCUT2D eigenvalue weighted by Crippen LogP contribution is -2.51. The molecule has 4 aromatic rings. The molecule has 11 heteroatoms. The number of ether oxygens (including phenoxy) is 2. The average Bonchev–Trinajstić information content (AvgIpc) is 3.27. The van der Waals surface area contributed by atoms with Crippen LogP contribution in [0.25, 0.3) is 0 Å². The number of nitrogens with zero attached hydrogens (tertiary/aromatic N) is 3. The normalized spacial score (nSPS) is 17.4. The molecule has 0 bridgehead atoms. The Morgan fingerprint density at radius 3 is 1.84 bits per heavy atom. The van der Waals surface area contributed by atoms with Gasteiger partial charge in [-0.1, -0.05) is 121 Å². The third-order valence-electron chi connectivity index (χ3n) is 10.4. The maximum absolute atomic E-state index is 12.8. The van der Waals surface area contributed by atoms with E-state index in [0.717, 1.165) is 75.6 Å². The number of hydrogen-bond donors (Lipinski definition) is 3. The Bertz CT molecular complexity index is 1950. The van der Waals surface area contributed by atoms with Gasteiger partial charge in [-0.25, -0.2) is 4.79 Å². The Morgan fingerprint density at radius 2 is 1.29 bits per heavy atom. The van der Waals surface area contributed by atoms with Gasteiger partial charge in [0.1, 0.15) is 11.2 Å². The summed E-state index contributed by atoms with van der Waals surface area (Å²) in [6.45, 7) is 15.2. The number of carbonyl (C=O) groups is 3. The fourth-order valence-corrected chi connectivity index (χ4v) is 7.35. The van der Waals surface area contributed by atoms with Crippen LogP contribution in [0, 0.1) is 0 Å². The van der Waals surface area contributed by atoms with Gasteiger partial charge in [0.2, 0.25) is 6.04 Å². The quantitative estimate of drug-likeness (QED) is 0.0890. The van der Waals surface area contributed by atoms with Gasteiger partial charge in [0.15, 0.2) is 12.5 Å². The van der Waals surface area contributed by atoms with Crippen molar-refractivity contribution in [1.29, 1.82) is 0 Å². The Kier molecular flexibility index (Phi) is 20.7. The third-order valence-corrected chi connectivity index (χ3v) is 10.4. The Labute approximate surface area is 375 Å². The van der Waals surface area contributed by atoms with Crippen molar-refractivity contribution >= 4 is 24.7 Å². The number of benzene rings is 4. The summed E-state index contributed by atoms with van der Waals surface area (Å²) >= 11 is 0. The Morgan fingerprint density at radius 1 is 0.746 bits per heavy atom. The van der Waals surface area contributed by atoms with E-state index in [-0.39, 0.29) is 18.2 Å². The lowest BCUT2D eigenvalue weighted by molar-refractivity contribution is -0.476. The van der Waals surface area contributed by atoms with Crippen molar-refractivity contribution < 1.29 is 38.6 Å². The van der Waals surface area contributed by atoms with E-state index < -0.39 is 29.5 Å². The van der Waals surface area contributed by atoms with Crippen LogP contribution in [0.1, 0.15) is 115 Å². The summed E-state index contributed by atoms with van der Waals surface area (Å²) in [6.07, 6.45) is 6.40. The number of piperidine rings is 1. The van der Waals surface area contributed by atoms with Crippen LogP contribution in [0.2, 0.25) is 0 Å². The van der Waals surface area contributed by atoms with Gasteiger partial charge in [0.25, 0.3) is 0 Å². The zero-order valence-corrected chi connectivity index (χ0v) is 38.3. The average molecular weight is 864 g/mol. The monoisotopic (exact) mass is 864 g/mol. The van der Waals surface area contributed by atoms with Crippen molar-refractivity contribution in [3.63, 3.8) is 0 Å². The molecule has 3 N–H and O–H groups in total. The van der Waals surface area contributed by atoms with Gasteiger partial charge in [0, 0.05) is 58.2 Å². The first-order chi connectivity index (χ1) is 30.1. The molecule has 2 heterocycles. The van der Waals surface area contributed by atoms with Crippen LogP contribution in [0.5, 0.6) is 0 Å². The van der Waals surface area contributed by atoms with Crippen molar-refractivity contribution in [3.8, 4) is 0 Å². The van der Waals surface area contributed by atoms with Crippen molar-refractivity contribution in [2.45, 2.75) is 129 Å². The molecule has 1 fully saturated rings. The van der Waals surface area contributed by atoms with Crippen LogP contribution >= 0.6 is 0 Å². The first kappa shape index (κ1) is 50.4. The number of aldehydes is 1. The molecule has 0 spiro atoms. The van der Waals surface area contributed by atoms with Crippen molar-refractivity contribution in [2.75, 3.05) is 26.2 Å². The summed E-state index contributed by atoms with van der Waals surface area (Å²) in [6, 6.07) is 39.7. The highest BCUT2D eigenvalue weighted by atomic mass is 16.6. The van der Waals surface area contributed by atoms with Gasteiger partial charge >= 0.3 is 12.2 Å². The van der Waals surface area contributed by atoms with E-state index in [4.69, 9.17) is 9.47 Å². The van der Waals surface area contributed by atoms with Crippen molar-refractivity contribution in [2.24, 2.45) is 0 Å². The first-order valence-electron chi connectivity index (χ1n) is 22.4. The lowest BCUT2D eigenvalue weighted by Gasteiger charge is -2.39. The molecule has 1 saturated heterocycles. The fraction of sp³-hybridized carbons (Fsp3) is 0.462. The highest BCUT2D eigenvalue weighted by Crippen LogP contribution is 2.24. The molecule has 2 aliphatic rings. The maximum Gasteiger partial charge on any atom is 0.597 e. The molecule has 0 aliphatic carbocycles. The number of aliphatic hydroxyl groups is 2. The number of likely N-dealkylation sites (tertiary alicyclic amines) is 1. The maximum atomic E-state index is 12.8. The number of rotatable bonds is 13.